The molecule has 2 aromatic heterocycles. The van der Waals surface area contributed by atoms with Gasteiger partial charge in [-0.3, -0.25) is 0 Å². The first-order valence-corrected chi connectivity index (χ1v) is 7.12. The van der Waals surface area contributed by atoms with Crippen LogP contribution in [-0.2, 0) is 0 Å². The van der Waals surface area contributed by atoms with Crippen LogP contribution in [0, 0.1) is 0 Å². The molecule has 0 spiro atoms. The predicted octanol–water partition coefficient (Wildman–Crippen LogP) is 3.12. The molecule has 3 aromatic rings. The minimum atomic E-state index is -1.00. The number of carboxylic acids is 1. The topological polar surface area (TPSA) is 100 Å². The Kier molecular flexibility index (Phi) is 3.92. The molecule has 0 bridgehead atoms. The van der Waals surface area contributed by atoms with Gasteiger partial charge in [0.2, 0.25) is 0 Å². The maximum atomic E-state index is 10.8. The fourth-order valence-electron chi connectivity index (χ4n) is 1.70. The van der Waals surface area contributed by atoms with Crippen molar-refractivity contribution in [3.63, 3.8) is 0 Å². The highest BCUT2D eigenvalue weighted by Crippen LogP contribution is 2.23. The third-order valence-electron chi connectivity index (χ3n) is 2.66. The van der Waals surface area contributed by atoms with Crippen molar-refractivity contribution in [2.45, 2.75) is 0 Å². The van der Waals surface area contributed by atoms with Gasteiger partial charge in [-0.1, -0.05) is 29.5 Å². The number of hydrogen-bond donors (Lipinski definition) is 3. The summed E-state index contributed by atoms with van der Waals surface area (Å²) in [5.41, 5.74) is 0.912. The highest BCUT2D eigenvalue weighted by atomic mass is 32.1. The van der Waals surface area contributed by atoms with Gasteiger partial charge in [-0.25, -0.2) is 19.7 Å². The van der Waals surface area contributed by atoms with Crippen molar-refractivity contribution in [3.8, 4) is 0 Å². The van der Waals surface area contributed by atoms with E-state index in [4.69, 9.17) is 5.11 Å². The van der Waals surface area contributed by atoms with E-state index in [0.29, 0.717) is 16.8 Å². The summed E-state index contributed by atoms with van der Waals surface area (Å²) in [4.78, 5) is 23.2. The third kappa shape index (κ3) is 3.36. The van der Waals surface area contributed by atoms with Crippen LogP contribution in [0.5, 0.6) is 0 Å². The van der Waals surface area contributed by atoms with Crippen LogP contribution in [0.4, 0.5) is 22.5 Å². The highest BCUT2D eigenvalue weighted by Gasteiger charge is 2.09. The van der Waals surface area contributed by atoms with Crippen LogP contribution in [0.1, 0.15) is 9.67 Å². The Labute approximate surface area is 129 Å². The summed E-state index contributed by atoms with van der Waals surface area (Å²) in [6, 6.07) is 11.3. The Morgan fingerprint density at radius 2 is 1.77 bits per heavy atom. The summed E-state index contributed by atoms with van der Waals surface area (Å²) in [7, 11) is 0. The zero-order valence-electron chi connectivity index (χ0n) is 11.2. The summed E-state index contributed by atoms with van der Waals surface area (Å²) < 4.78 is 0. The van der Waals surface area contributed by atoms with Gasteiger partial charge in [0.15, 0.2) is 5.13 Å². The van der Waals surface area contributed by atoms with Gasteiger partial charge >= 0.3 is 5.97 Å². The molecule has 0 unspecified atom stereocenters. The van der Waals surface area contributed by atoms with E-state index in [1.54, 1.807) is 6.07 Å². The average molecular weight is 313 g/mol. The van der Waals surface area contributed by atoms with Crippen molar-refractivity contribution < 1.29 is 9.90 Å². The van der Waals surface area contributed by atoms with Gasteiger partial charge in [-0.15, -0.1) is 0 Å². The molecule has 7 nitrogen and oxygen atoms in total. The first-order chi connectivity index (χ1) is 10.7. The maximum Gasteiger partial charge on any atom is 0.347 e. The largest absolute Gasteiger partial charge is 0.477 e. The minimum absolute atomic E-state index is 0.166. The van der Waals surface area contributed by atoms with Gasteiger partial charge in [0.05, 0.1) is 6.20 Å². The number of carboxylic acid groups (broad SMARTS) is 1. The number of benzene rings is 1. The Bertz CT molecular complexity index is 791. The monoisotopic (exact) mass is 313 g/mol. The summed E-state index contributed by atoms with van der Waals surface area (Å²) >= 11 is 1.04. The van der Waals surface area contributed by atoms with E-state index in [1.165, 1.54) is 12.5 Å². The number of para-hydroxylation sites is 1. The van der Waals surface area contributed by atoms with Crippen LogP contribution in [-0.4, -0.2) is 26.0 Å². The van der Waals surface area contributed by atoms with Gasteiger partial charge in [0.25, 0.3) is 0 Å². The van der Waals surface area contributed by atoms with Crippen LogP contribution >= 0.6 is 11.3 Å². The molecule has 110 valence electrons. The molecule has 3 N–H and O–H groups in total. The summed E-state index contributed by atoms with van der Waals surface area (Å²) in [6.45, 7) is 0. The molecule has 0 radical (unpaired) electrons. The smallest absolute Gasteiger partial charge is 0.347 e. The molecule has 0 atom stereocenters. The summed E-state index contributed by atoms with van der Waals surface area (Å²) in [5.74, 6) is 0.151. The van der Waals surface area contributed by atoms with Gasteiger partial charge in [-0.05, 0) is 12.1 Å². The number of thiazole rings is 1. The molecule has 0 aliphatic carbocycles. The normalized spacial score (nSPS) is 10.2. The van der Waals surface area contributed by atoms with Crippen molar-refractivity contribution in [1.82, 2.24) is 15.0 Å². The Morgan fingerprint density at radius 3 is 2.45 bits per heavy atom. The number of aromatic carboxylic acids is 1. The van der Waals surface area contributed by atoms with Gasteiger partial charge in [0, 0.05) is 11.8 Å². The van der Waals surface area contributed by atoms with E-state index >= 15 is 0 Å². The zero-order valence-corrected chi connectivity index (χ0v) is 12.0. The molecule has 22 heavy (non-hydrogen) atoms. The van der Waals surface area contributed by atoms with Crippen LogP contribution in [0.25, 0.3) is 0 Å². The molecule has 0 aliphatic rings. The Morgan fingerprint density at radius 1 is 1.05 bits per heavy atom. The number of hydrogen-bond acceptors (Lipinski definition) is 7. The number of nitrogens with zero attached hydrogens (tertiary/aromatic N) is 3. The van der Waals surface area contributed by atoms with Gasteiger partial charge in [0.1, 0.15) is 22.8 Å². The van der Waals surface area contributed by atoms with Crippen LogP contribution < -0.4 is 10.6 Å². The average Bonchev–Trinajstić information content (AvgIpc) is 2.97. The molecule has 0 saturated heterocycles. The van der Waals surface area contributed by atoms with E-state index < -0.39 is 5.97 Å². The number of aromatic nitrogens is 3. The van der Waals surface area contributed by atoms with Gasteiger partial charge in [-0.2, -0.15) is 0 Å². The Balaban J connectivity index is 1.74. The fourth-order valence-corrected chi connectivity index (χ4v) is 2.37. The molecular formula is C14H11N5O2S. The summed E-state index contributed by atoms with van der Waals surface area (Å²) in [6.07, 6.45) is 2.72. The molecule has 0 amide bonds. The van der Waals surface area contributed by atoms with E-state index in [1.807, 2.05) is 30.3 Å². The molecule has 3 rings (SSSR count). The number of anilines is 4. The standard InChI is InChI=1S/C14H11N5O2S/c20-13(21)10-7-15-14(22-10)19-12-6-11(16-8-17-12)18-9-4-2-1-3-5-9/h1-8H,(H,20,21)(H2,15,16,17,18,19). The molecular weight excluding hydrogens is 302 g/mol. The van der Waals surface area contributed by atoms with Crippen LogP contribution in [0.2, 0.25) is 0 Å². The van der Waals surface area contributed by atoms with Crippen LogP contribution in [0.15, 0.2) is 48.9 Å². The second kappa shape index (κ2) is 6.19. The van der Waals surface area contributed by atoms with Gasteiger partial charge < -0.3 is 15.7 Å². The van der Waals surface area contributed by atoms with Crippen LogP contribution in [0.3, 0.4) is 0 Å². The van der Waals surface area contributed by atoms with Crippen molar-refractivity contribution in [1.29, 1.82) is 0 Å². The van der Waals surface area contributed by atoms with E-state index in [9.17, 15) is 4.79 Å². The molecule has 0 saturated carbocycles. The lowest BCUT2D eigenvalue weighted by Crippen LogP contribution is -1.98. The third-order valence-corrected chi connectivity index (χ3v) is 3.57. The van der Waals surface area contributed by atoms with Crippen molar-refractivity contribution in [2.24, 2.45) is 0 Å². The predicted molar refractivity (Wildman–Crippen MR) is 84.1 cm³/mol. The SMILES string of the molecule is O=C(O)c1cnc(Nc2cc(Nc3ccccc3)ncn2)s1. The molecule has 1 aromatic carbocycles. The second-order valence-corrected chi connectivity index (χ2v) is 5.27. The molecule has 8 heteroatoms. The number of nitrogens with one attached hydrogen (secondary N) is 2. The van der Waals surface area contributed by atoms with E-state index in [2.05, 4.69) is 25.6 Å². The lowest BCUT2D eigenvalue weighted by atomic mass is 10.3. The molecule has 2 heterocycles. The summed E-state index contributed by atoms with van der Waals surface area (Å²) in [5, 5.41) is 15.4. The van der Waals surface area contributed by atoms with Crippen molar-refractivity contribution in [2.75, 3.05) is 10.6 Å². The van der Waals surface area contributed by atoms with Crippen molar-refractivity contribution in [3.05, 3.63) is 53.8 Å². The number of rotatable bonds is 5. The quantitative estimate of drug-likeness (QED) is 0.665. The van der Waals surface area contributed by atoms with Crippen molar-refractivity contribution >= 4 is 39.8 Å². The fraction of sp³-hybridized carbons (Fsp3) is 0. The first-order valence-electron chi connectivity index (χ1n) is 6.31. The first kappa shape index (κ1) is 14.0. The molecule has 0 aliphatic heterocycles. The molecule has 0 fully saturated rings. The lowest BCUT2D eigenvalue weighted by Gasteiger charge is -2.06. The lowest BCUT2D eigenvalue weighted by molar-refractivity contribution is 0.0702. The maximum absolute atomic E-state index is 10.8. The highest BCUT2D eigenvalue weighted by molar-refractivity contribution is 7.17. The second-order valence-electron chi connectivity index (χ2n) is 4.24. The van der Waals surface area contributed by atoms with E-state index in [-0.39, 0.29) is 4.88 Å². The van der Waals surface area contributed by atoms with E-state index in [0.717, 1.165) is 17.0 Å². The zero-order chi connectivity index (χ0) is 15.4. The Hall–Kier alpha value is -3.00. The number of carbonyl (C=O) groups is 1. The minimum Gasteiger partial charge on any atom is -0.477 e.